The predicted octanol–water partition coefficient (Wildman–Crippen LogP) is 3.38. The zero-order valence-corrected chi connectivity index (χ0v) is 12.2. The topological polar surface area (TPSA) is 24.9 Å². The van der Waals surface area contributed by atoms with E-state index >= 15 is 0 Å². The Morgan fingerprint density at radius 3 is 2.78 bits per heavy atom. The fourth-order valence-electron chi connectivity index (χ4n) is 1.65. The number of benzene rings is 1. The monoisotopic (exact) mass is 278 g/mol. The van der Waals surface area contributed by atoms with Gasteiger partial charge in [-0.1, -0.05) is 18.2 Å². The lowest BCUT2D eigenvalue weighted by molar-refractivity contribution is 0.723. The molecule has 0 bridgehead atoms. The summed E-state index contributed by atoms with van der Waals surface area (Å²) >= 11 is 3.65. The average Bonchev–Trinajstić information content (AvgIpc) is 2.81. The largest absolute Gasteiger partial charge is 0.316 e. The second-order valence-corrected chi connectivity index (χ2v) is 6.13. The minimum atomic E-state index is 1.04. The van der Waals surface area contributed by atoms with Gasteiger partial charge in [-0.3, -0.25) is 0 Å². The number of aromatic nitrogens is 1. The molecule has 0 aliphatic rings. The number of thiazole rings is 1. The van der Waals surface area contributed by atoms with Gasteiger partial charge in [-0.15, -0.1) is 23.1 Å². The molecule has 0 amide bonds. The van der Waals surface area contributed by atoms with Crippen molar-refractivity contribution in [2.45, 2.75) is 18.2 Å². The molecule has 2 aromatic rings. The van der Waals surface area contributed by atoms with E-state index in [0.29, 0.717) is 0 Å². The normalized spacial score (nSPS) is 10.7. The standard InChI is InChI=1S/C14H18N2S2/c1-12-14(18-11-16-12)7-8-15-9-10-17-13-5-3-2-4-6-13/h2-6,11,15H,7-10H2,1H3. The second-order valence-electron chi connectivity index (χ2n) is 4.02. The van der Waals surface area contributed by atoms with E-state index in [4.69, 9.17) is 0 Å². The number of hydrogen-bond acceptors (Lipinski definition) is 4. The third-order valence-electron chi connectivity index (χ3n) is 2.66. The Morgan fingerprint density at radius 2 is 2.06 bits per heavy atom. The van der Waals surface area contributed by atoms with E-state index in [0.717, 1.165) is 25.3 Å². The van der Waals surface area contributed by atoms with Gasteiger partial charge >= 0.3 is 0 Å². The van der Waals surface area contributed by atoms with Gasteiger partial charge in [0.05, 0.1) is 11.2 Å². The Balaban J connectivity index is 1.56. The van der Waals surface area contributed by atoms with E-state index in [1.165, 1.54) is 15.5 Å². The van der Waals surface area contributed by atoms with Gasteiger partial charge in [-0.05, 0) is 25.5 Å². The van der Waals surface area contributed by atoms with Crippen LogP contribution in [-0.4, -0.2) is 23.8 Å². The van der Waals surface area contributed by atoms with Gasteiger partial charge in [0.15, 0.2) is 0 Å². The summed E-state index contributed by atoms with van der Waals surface area (Å²) in [7, 11) is 0. The van der Waals surface area contributed by atoms with Crippen molar-refractivity contribution in [3.63, 3.8) is 0 Å². The maximum Gasteiger partial charge on any atom is 0.0797 e. The first-order chi connectivity index (χ1) is 8.86. The number of aryl methyl sites for hydroxylation is 1. The van der Waals surface area contributed by atoms with Gasteiger partial charge in [0.1, 0.15) is 0 Å². The molecule has 2 rings (SSSR count). The molecular formula is C14H18N2S2. The van der Waals surface area contributed by atoms with Crippen molar-refractivity contribution >= 4 is 23.1 Å². The highest BCUT2D eigenvalue weighted by Crippen LogP contribution is 2.16. The predicted molar refractivity (Wildman–Crippen MR) is 80.6 cm³/mol. The summed E-state index contributed by atoms with van der Waals surface area (Å²) in [5, 5.41) is 3.48. The van der Waals surface area contributed by atoms with Crippen molar-refractivity contribution < 1.29 is 0 Å². The van der Waals surface area contributed by atoms with Gasteiger partial charge in [0.25, 0.3) is 0 Å². The first-order valence-electron chi connectivity index (χ1n) is 6.14. The van der Waals surface area contributed by atoms with Gasteiger partial charge < -0.3 is 5.32 Å². The molecule has 0 unspecified atom stereocenters. The zero-order valence-electron chi connectivity index (χ0n) is 10.6. The molecule has 0 fully saturated rings. The van der Waals surface area contributed by atoms with Gasteiger partial charge in [0.2, 0.25) is 0 Å². The molecule has 0 saturated heterocycles. The number of rotatable bonds is 7. The van der Waals surface area contributed by atoms with Crippen LogP contribution in [0.1, 0.15) is 10.6 Å². The molecule has 1 aromatic carbocycles. The van der Waals surface area contributed by atoms with E-state index in [1.54, 1.807) is 11.3 Å². The highest BCUT2D eigenvalue weighted by molar-refractivity contribution is 7.99. The second kappa shape index (κ2) is 7.56. The maximum absolute atomic E-state index is 4.26. The molecular weight excluding hydrogens is 260 g/mol. The Bertz CT molecular complexity index is 454. The molecule has 0 aliphatic heterocycles. The Kier molecular flexibility index (Phi) is 5.71. The summed E-state index contributed by atoms with van der Waals surface area (Å²) in [6, 6.07) is 10.5. The molecule has 96 valence electrons. The number of thioether (sulfide) groups is 1. The smallest absolute Gasteiger partial charge is 0.0797 e. The molecule has 18 heavy (non-hydrogen) atoms. The van der Waals surface area contributed by atoms with Crippen LogP contribution in [0.15, 0.2) is 40.7 Å². The fourth-order valence-corrected chi connectivity index (χ4v) is 3.26. The Labute approximate surface area is 117 Å². The molecule has 1 aromatic heterocycles. The van der Waals surface area contributed by atoms with E-state index in [9.17, 15) is 0 Å². The molecule has 0 aliphatic carbocycles. The third kappa shape index (κ3) is 4.44. The SMILES string of the molecule is Cc1ncsc1CCNCCSc1ccccc1. The average molecular weight is 278 g/mol. The molecule has 1 heterocycles. The summed E-state index contributed by atoms with van der Waals surface area (Å²) in [5.74, 6) is 1.12. The first-order valence-corrected chi connectivity index (χ1v) is 8.00. The molecule has 0 spiro atoms. The highest BCUT2D eigenvalue weighted by atomic mass is 32.2. The van der Waals surface area contributed by atoms with Gasteiger partial charge in [0, 0.05) is 28.6 Å². The summed E-state index contributed by atoms with van der Waals surface area (Å²) in [5.41, 5.74) is 3.11. The quantitative estimate of drug-likeness (QED) is 0.621. The Hall–Kier alpha value is -0.840. The lowest BCUT2D eigenvalue weighted by Gasteiger charge is -2.04. The van der Waals surface area contributed by atoms with E-state index in [1.807, 2.05) is 17.3 Å². The van der Waals surface area contributed by atoms with Crippen molar-refractivity contribution in [3.8, 4) is 0 Å². The zero-order chi connectivity index (χ0) is 12.6. The summed E-state index contributed by atoms with van der Waals surface area (Å²) in [4.78, 5) is 7.00. The summed E-state index contributed by atoms with van der Waals surface area (Å²) in [6.07, 6.45) is 1.09. The van der Waals surface area contributed by atoms with Crippen molar-refractivity contribution in [2.24, 2.45) is 0 Å². The third-order valence-corrected chi connectivity index (χ3v) is 4.67. The number of nitrogens with zero attached hydrogens (tertiary/aromatic N) is 1. The van der Waals surface area contributed by atoms with Gasteiger partial charge in [-0.2, -0.15) is 0 Å². The van der Waals surface area contributed by atoms with Crippen molar-refractivity contribution in [1.82, 2.24) is 10.3 Å². The van der Waals surface area contributed by atoms with Crippen LogP contribution in [0.3, 0.4) is 0 Å². The molecule has 0 saturated carbocycles. The maximum atomic E-state index is 4.26. The molecule has 0 atom stereocenters. The number of nitrogens with one attached hydrogen (secondary N) is 1. The summed E-state index contributed by atoms with van der Waals surface area (Å²) in [6.45, 7) is 4.17. The van der Waals surface area contributed by atoms with Crippen LogP contribution in [0.4, 0.5) is 0 Å². The lowest BCUT2D eigenvalue weighted by atomic mass is 10.3. The van der Waals surface area contributed by atoms with Crippen LogP contribution in [0.2, 0.25) is 0 Å². The minimum Gasteiger partial charge on any atom is -0.316 e. The van der Waals surface area contributed by atoms with Crippen molar-refractivity contribution in [3.05, 3.63) is 46.4 Å². The van der Waals surface area contributed by atoms with Crippen molar-refractivity contribution in [1.29, 1.82) is 0 Å². The first kappa shape index (κ1) is 13.6. The van der Waals surface area contributed by atoms with E-state index < -0.39 is 0 Å². The molecule has 0 radical (unpaired) electrons. The Morgan fingerprint density at radius 1 is 1.22 bits per heavy atom. The lowest BCUT2D eigenvalue weighted by Crippen LogP contribution is -2.20. The van der Waals surface area contributed by atoms with Crippen LogP contribution in [-0.2, 0) is 6.42 Å². The van der Waals surface area contributed by atoms with Crippen LogP contribution in [0.25, 0.3) is 0 Å². The van der Waals surface area contributed by atoms with Crippen LogP contribution in [0.5, 0.6) is 0 Å². The van der Waals surface area contributed by atoms with E-state index in [-0.39, 0.29) is 0 Å². The van der Waals surface area contributed by atoms with Crippen LogP contribution in [0, 0.1) is 6.92 Å². The molecule has 2 nitrogen and oxygen atoms in total. The van der Waals surface area contributed by atoms with Crippen LogP contribution >= 0.6 is 23.1 Å². The fraction of sp³-hybridized carbons (Fsp3) is 0.357. The van der Waals surface area contributed by atoms with Crippen LogP contribution < -0.4 is 5.32 Å². The highest BCUT2D eigenvalue weighted by Gasteiger charge is 2.00. The van der Waals surface area contributed by atoms with Gasteiger partial charge in [-0.25, -0.2) is 4.98 Å². The number of hydrogen-bond donors (Lipinski definition) is 1. The van der Waals surface area contributed by atoms with Crippen molar-refractivity contribution in [2.75, 3.05) is 18.8 Å². The minimum absolute atomic E-state index is 1.04. The molecule has 1 N–H and O–H groups in total. The van der Waals surface area contributed by atoms with E-state index in [2.05, 4.69) is 47.6 Å². The summed E-state index contributed by atoms with van der Waals surface area (Å²) < 4.78 is 0. The molecule has 4 heteroatoms.